The molecule has 0 saturated heterocycles. The van der Waals surface area contributed by atoms with Crippen LogP contribution in [0.4, 0.5) is 5.69 Å². The number of aryl methyl sites for hydroxylation is 2. The molecule has 1 saturated carbocycles. The highest BCUT2D eigenvalue weighted by Gasteiger charge is 2.17. The van der Waals surface area contributed by atoms with Crippen molar-refractivity contribution < 1.29 is 0 Å². The molecule has 22 heavy (non-hydrogen) atoms. The Labute approximate surface area is 141 Å². The van der Waals surface area contributed by atoms with E-state index in [1.807, 2.05) is 0 Å². The Hall–Kier alpha value is -1.09. The quantitative estimate of drug-likeness (QED) is 0.733. The molecule has 1 aromatic carbocycles. The Kier molecular flexibility index (Phi) is 6.25. The second kappa shape index (κ2) is 7.96. The second-order valence-electron chi connectivity index (χ2n) is 6.66. The third kappa shape index (κ3) is 4.22. The fourth-order valence-electron chi connectivity index (χ4n) is 3.25. The molecule has 0 aromatic heterocycles. The number of anilines is 1. The number of nitrogens with one attached hydrogen (secondary N) is 2. The summed E-state index contributed by atoms with van der Waals surface area (Å²) < 4.78 is 0. The SMILES string of the molecule is CCc1cc(C(C)C)cc(CC)c1NC(=S)NC1CCCC1. The largest absolute Gasteiger partial charge is 0.360 e. The van der Waals surface area contributed by atoms with Crippen LogP contribution in [0.5, 0.6) is 0 Å². The van der Waals surface area contributed by atoms with Crippen LogP contribution in [0.2, 0.25) is 0 Å². The maximum atomic E-state index is 5.55. The molecule has 1 fully saturated rings. The lowest BCUT2D eigenvalue weighted by Crippen LogP contribution is -2.36. The number of benzene rings is 1. The molecule has 1 aliphatic rings. The minimum Gasteiger partial charge on any atom is -0.360 e. The van der Waals surface area contributed by atoms with Crippen molar-refractivity contribution in [2.24, 2.45) is 0 Å². The lowest BCUT2D eigenvalue weighted by atomic mass is 9.94. The van der Waals surface area contributed by atoms with Crippen molar-refractivity contribution in [3.8, 4) is 0 Å². The van der Waals surface area contributed by atoms with Crippen molar-refractivity contribution in [1.82, 2.24) is 5.32 Å². The van der Waals surface area contributed by atoms with Gasteiger partial charge in [-0.2, -0.15) is 0 Å². The third-order valence-corrected chi connectivity index (χ3v) is 4.90. The van der Waals surface area contributed by atoms with Gasteiger partial charge in [0.15, 0.2) is 5.11 Å². The van der Waals surface area contributed by atoms with Gasteiger partial charge in [-0.05, 0) is 60.5 Å². The lowest BCUT2D eigenvalue weighted by Gasteiger charge is -2.21. The molecular formula is C19H30N2S. The first-order valence-electron chi connectivity index (χ1n) is 8.78. The zero-order valence-corrected chi connectivity index (χ0v) is 15.3. The average Bonchev–Trinajstić information content (AvgIpc) is 2.99. The minimum atomic E-state index is 0.560. The topological polar surface area (TPSA) is 24.1 Å². The van der Waals surface area contributed by atoms with Crippen LogP contribution in [-0.4, -0.2) is 11.2 Å². The second-order valence-corrected chi connectivity index (χ2v) is 7.06. The Morgan fingerprint density at radius 2 is 1.68 bits per heavy atom. The van der Waals surface area contributed by atoms with E-state index in [2.05, 4.69) is 50.5 Å². The van der Waals surface area contributed by atoms with E-state index < -0.39 is 0 Å². The average molecular weight is 319 g/mol. The Bertz CT molecular complexity index is 491. The van der Waals surface area contributed by atoms with Gasteiger partial charge in [0.05, 0.1) is 0 Å². The highest BCUT2D eigenvalue weighted by Crippen LogP contribution is 2.28. The minimum absolute atomic E-state index is 0.560. The number of hydrogen-bond donors (Lipinski definition) is 2. The molecule has 0 atom stereocenters. The summed E-state index contributed by atoms with van der Waals surface area (Å²) in [6.07, 6.45) is 7.20. The Balaban J connectivity index is 2.18. The third-order valence-electron chi connectivity index (χ3n) is 4.68. The van der Waals surface area contributed by atoms with E-state index in [1.165, 1.54) is 48.1 Å². The van der Waals surface area contributed by atoms with Crippen LogP contribution >= 0.6 is 12.2 Å². The zero-order chi connectivity index (χ0) is 16.1. The maximum Gasteiger partial charge on any atom is 0.171 e. The van der Waals surface area contributed by atoms with E-state index in [1.54, 1.807) is 0 Å². The molecule has 0 aliphatic heterocycles. The summed E-state index contributed by atoms with van der Waals surface area (Å²) in [4.78, 5) is 0. The lowest BCUT2D eigenvalue weighted by molar-refractivity contribution is 0.634. The molecular weight excluding hydrogens is 288 g/mol. The van der Waals surface area contributed by atoms with Crippen LogP contribution in [-0.2, 0) is 12.8 Å². The first kappa shape index (κ1) is 17.3. The molecule has 0 amide bonds. The molecule has 0 radical (unpaired) electrons. The van der Waals surface area contributed by atoms with Crippen LogP contribution < -0.4 is 10.6 Å². The van der Waals surface area contributed by atoms with Gasteiger partial charge in [-0.3, -0.25) is 0 Å². The van der Waals surface area contributed by atoms with Crippen molar-refractivity contribution in [1.29, 1.82) is 0 Å². The van der Waals surface area contributed by atoms with E-state index in [-0.39, 0.29) is 0 Å². The summed E-state index contributed by atoms with van der Waals surface area (Å²) in [5, 5.41) is 7.77. The van der Waals surface area contributed by atoms with Gasteiger partial charge in [-0.15, -0.1) is 0 Å². The summed E-state index contributed by atoms with van der Waals surface area (Å²) in [5.41, 5.74) is 5.40. The summed E-state index contributed by atoms with van der Waals surface area (Å²) >= 11 is 5.55. The van der Waals surface area contributed by atoms with Crippen molar-refractivity contribution in [3.05, 3.63) is 28.8 Å². The first-order valence-corrected chi connectivity index (χ1v) is 9.19. The van der Waals surface area contributed by atoms with Gasteiger partial charge < -0.3 is 10.6 Å². The summed E-state index contributed by atoms with van der Waals surface area (Å²) in [7, 11) is 0. The molecule has 0 spiro atoms. The molecule has 3 heteroatoms. The van der Waals surface area contributed by atoms with Crippen LogP contribution in [0.15, 0.2) is 12.1 Å². The van der Waals surface area contributed by atoms with Gasteiger partial charge in [-0.25, -0.2) is 0 Å². The van der Waals surface area contributed by atoms with Crippen LogP contribution in [0.1, 0.15) is 76.0 Å². The predicted octanol–water partition coefficient (Wildman–Crippen LogP) is 5.16. The van der Waals surface area contributed by atoms with Gasteiger partial charge in [0.1, 0.15) is 0 Å². The molecule has 2 N–H and O–H groups in total. The van der Waals surface area contributed by atoms with E-state index in [9.17, 15) is 0 Å². The normalized spacial score (nSPS) is 15.3. The number of hydrogen-bond acceptors (Lipinski definition) is 1. The zero-order valence-electron chi connectivity index (χ0n) is 14.5. The van der Waals surface area contributed by atoms with E-state index >= 15 is 0 Å². The molecule has 2 nitrogen and oxygen atoms in total. The van der Waals surface area contributed by atoms with Crippen molar-refractivity contribution >= 4 is 23.0 Å². The van der Waals surface area contributed by atoms with Crippen molar-refractivity contribution in [3.63, 3.8) is 0 Å². The molecule has 1 aromatic rings. The predicted molar refractivity (Wildman–Crippen MR) is 101 cm³/mol. The fraction of sp³-hybridized carbons (Fsp3) is 0.632. The molecule has 122 valence electrons. The molecule has 2 rings (SSSR count). The summed E-state index contributed by atoms with van der Waals surface area (Å²) in [6, 6.07) is 5.24. The number of thiocarbonyl (C=S) groups is 1. The molecule has 0 heterocycles. The van der Waals surface area contributed by atoms with Crippen molar-refractivity contribution in [2.45, 2.75) is 78.2 Å². The van der Waals surface area contributed by atoms with E-state index in [4.69, 9.17) is 12.2 Å². The summed E-state index contributed by atoms with van der Waals surface area (Å²) in [5.74, 6) is 0.563. The van der Waals surface area contributed by atoms with Gasteiger partial charge >= 0.3 is 0 Å². The molecule has 1 aliphatic carbocycles. The van der Waals surface area contributed by atoms with E-state index in [0.29, 0.717) is 12.0 Å². The summed E-state index contributed by atoms with van der Waals surface area (Å²) in [6.45, 7) is 8.95. The van der Waals surface area contributed by atoms with Crippen LogP contribution in [0.3, 0.4) is 0 Å². The highest BCUT2D eigenvalue weighted by molar-refractivity contribution is 7.80. The molecule has 0 bridgehead atoms. The van der Waals surface area contributed by atoms with Crippen LogP contribution in [0, 0.1) is 0 Å². The van der Waals surface area contributed by atoms with Gasteiger partial charge in [0.25, 0.3) is 0 Å². The first-order chi connectivity index (χ1) is 10.5. The number of rotatable bonds is 5. The smallest absolute Gasteiger partial charge is 0.171 e. The van der Waals surface area contributed by atoms with Crippen molar-refractivity contribution in [2.75, 3.05) is 5.32 Å². The van der Waals surface area contributed by atoms with Gasteiger partial charge in [0, 0.05) is 11.7 Å². The standard InChI is InChI=1S/C19H30N2S/c1-5-14-11-16(13(3)4)12-15(6-2)18(14)21-19(22)20-17-9-7-8-10-17/h11-13,17H,5-10H2,1-4H3,(H2,20,21,22). The fourth-order valence-corrected chi connectivity index (χ4v) is 3.52. The molecule has 0 unspecified atom stereocenters. The Morgan fingerprint density at radius 3 is 2.14 bits per heavy atom. The van der Waals surface area contributed by atoms with Gasteiger partial charge in [0.2, 0.25) is 0 Å². The van der Waals surface area contributed by atoms with Gasteiger partial charge in [-0.1, -0.05) is 52.7 Å². The van der Waals surface area contributed by atoms with E-state index in [0.717, 1.165) is 18.0 Å². The maximum absolute atomic E-state index is 5.55. The Morgan fingerprint density at radius 1 is 1.14 bits per heavy atom. The monoisotopic (exact) mass is 318 g/mol. The van der Waals surface area contributed by atoms with Crippen LogP contribution in [0.25, 0.3) is 0 Å². The highest BCUT2D eigenvalue weighted by atomic mass is 32.1.